The number of nitrogens with zero attached hydrogens (tertiary/aromatic N) is 1. The molecule has 0 bridgehead atoms. The van der Waals surface area contributed by atoms with Crippen LogP contribution in [0.2, 0.25) is 0 Å². The summed E-state index contributed by atoms with van der Waals surface area (Å²) in [6, 6.07) is 3.72. The van der Waals surface area contributed by atoms with Gasteiger partial charge in [0.2, 0.25) is 11.8 Å². The summed E-state index contributed by atoms with van der Waals surface area (Å²) >= 11 is -0.896. The van der Waals surface area contributed by atoms with Crippen molar-refractivity contribution >= 4 is 11.2 Å². The lowest BCUT2D eigenvalue weighted by Gasteiger charge is -2.09. The third kappa shape index (κ3) is 3.65. The van der Waals surface area contributed by atoms with E-state index < -0.39 is 11.2 Å². The Kier molecular flexibility index (Phi) is 4.05. The van der Waals surface area contributed by atoms with Crippen LogP contribution in [0.4, 0.5) is 0 Å². The Morgan fingerprint density at radius 3 is 3.00 bits per heavy atom. The smallest absolute Gasteiger partial charge is 0.246 e. The molecule has 1 atom stereocenters. The third-order valence-corrected chi connectivity index (χ3v) is 2.58. The lowest BCUT2D eigenvalue weighted by atomic mass is 10.3. The molecule has 1 unspecified atom stereocenters. The molecule has 0 radical (unpaired) electrons. The highest BCUT2D eigenvalue weighted by Gasteiger charge is 2.03. The predicted octanol–water partition coefficient (Wildman–Crippen LogP) is 1.49. The van der Waals surface area contributed by atoms with Gasteiger partial charge >= 0.3 is 0 Å². The van der Waals surface area contributed by atoms with Crippen molar-refractivity contribution in [2.24, 2.45) is 0 Å². The molecule has 1 aromatic rings. The summed E-state index contributed by atoms with van der Waals surface area (Å²) in [6.07, 6.45) is 1.68. The maximum atomic E-state index is 11.0. The van der Waals surface area contributed by atoms with Crippen LogP contribution in [0.25, 0.3) is 0 Å². The van der Waals surface area contributed by atoms with E-state index in [4.69, 9.17) is 4.74 Å². The Balaban J connectivity index is 2.45. The monoisotopic (exact) mass is 199 g/mol. The summed E-state index contributed by atoms with van der Waals surface area (Å²) in [5.74, 6) is 1.39. The standard InChI is InChI=1S/C9H13NO2S/c1-3-13(11)7-12-9-6-8(2)4-5-10-9/h4-6H,3,7H2,1-2H3. The van der Waals surface area contributed by atoms with Gasteiger partial charge in [0.15, 0.2) is 0 Å². The summed E-state index contributed by atoms with van der Waals surface area (Å²) in [7, 11) is 0. The first kappa shape index (κ1) is 10.3. The van der Waals surface area contributed by atoms with Crippen molar-refractivity contribution in [1.82, 2.24) is 4.98 Å². The largest absolute Gasteiger partial charge is 0.614 e. The fraction of sp³-hybridized carbons (Fsp3) is 0.444. The average Bonchev–Trinajstić information content (AvgIpc) is 2.14. The molecule has 0 aliphatic carbocycles. The van der Waals surface area contributed by atoms with Crippen LogP contribution in [0.15, 0.2) is 18.3 Å². The fourth-order valence-electron chi connectivity index (χ4n) is 0.797. The molecule has 3 nitrogen and oxygen atoms in total. The number of rotatable bonds is 4. The summed E-state index contributed by atoms with van der Waals surface area (Å²) in [6.45, 7) is 3.83. The summed E-state index contributed by atoms with van der Waals surface area (Å²) in [4.78, 5) is 3.99. The van der Waals surface area contributed by atoms with Gasteiger partial charge in [-0.05, 0) is 36.7 Å². The minimum Gasteiger partial charge on any atom is -0.614 e. The van der Waals surface area contributed by atoms with Crippen LogP contribution in [0.5, 0.6) is 5.88 Å². The van der Waals surface area contributed by atoms with Crippen LogP contribution in [-0.4, -0.2) is 21.2 Å². The number of pyridine rings is 1. The molecule has 13 heavy (non-hydrogen) atoms. The van der Waals surface area contributed by atoms with Crippen molar-refractivity contribution in [3.05, 3.63) is 23.9 Å². The quantitative estimate of drug-likeness (QED) is 0.690. The molecule has 0 aliphatic heterocycles. The fourth-order valence-corrected chi connectivity index (χ4v) is 1.22. The highest BCUT2D eigenvalue weighted by molar-refractivity contribution is 7.91. The number of aromatic nitrogens is 1. The predicted molar refractivity (Wildman–Crippen MR) is 53.2 cm³/mol. The molecule has 0 aliphatic rings. The van der Waals surface area contributed by atoms with E-state index in [9.17, 15) is 4.55 Å². The Labute approximate surface area is 81.3 Å². The Hall–Kier alpha value is -0.740. The van der Waals surface area contributed by atoms with Crippen molar-refractivity contribution < 1.29 is 9.29 Å². The lowest BCUT2D eigenvalue weighted by Crippen LogP contribution is -2.14. The molecule has 0 N–H and O–H groups in total. The normalized spacial score (nSPS) is 12.5. The van der Waals surface area contributed by atoms with Crippen LogP contribution in [0.1, 0.15) is 12.5 Å². The van der Waals surface area contributed by atoms with Gasteiger partial charge in [-0.3, -0.25) is 0 Å². The van der Waals surface area contributed by atoms with Crippen LogP contribution < -0.4 is 4.74 Å². The van der Waals surface area contributed by atoms with E-state index in [2.05, 4.69) is 4.98 Å². The van der Waals surface area contributed by atoms with Gasteiger partial charge in [-0.25, -0.2) is 4.98 Å². The van der Waals surface area contributed by atoms with Gasteiger partial charge in [-0.1, -0.05) is 0 Å². The van der Waals surface area contributed by atoms with Crippen molar-refractivity contribution in [2.45, 2.75) is 13.8 Å². The summed E-state index contributed by atoms with van der Waals surface area (Å²) < 4.78 is 16.3. The van der Waals surface area contributed by atoms with Gasteiger partial charge in [0.05, 0.1) is 0 Å². The molecular formula is C9H13NO2S. The van der Waals surface area contributed by atoms with E-state index in [0.29, 0.717) is 11.6 Å². The molecule has 1 rings (SSSR count). The van der Waals surface area contributed by atoms with E-state index in [1.807, 2.05) is 26.0 Å². The molecule has 0 saturated heterocycles. The molecule has 72 valence electrons. The third-order valence-electron chi connectivity index (χ3n) is 1.55. The Bertz CT molecular complexity index is 268. The average molecular weight is 199 g/mol. The van der Waals surface area contributed by atoms with Gasteiger partial charge in [0.25, 0.3) is 0 Å². The van der Waals surface area contributed by atoms with Crippen LogP contribution in [0.3, 0.4) is 0 Å². The lowest BCUT2D eigenvalue weighted by molar-refractivity contribution is 0.362. The molecule has 4 heteroatoms. The minimum atomic E-state index is -0.896. The highest BCUT2D eigenvalue weighted by atomic mass is 32.2. The van der Waals surface area contributed by atoms with E-state index in [1.54, 1.807) is 6.20 Å². The second kappa shape index (κ2) is 5.09. The Morgan fingerprint density at radius 1 is 1.62 bits per heavy atom. The van der Waals surface area contributed by atoms with E-state index in [-0.39, 0.29) is 5.94 Å². The molecule has 0 saturated carbocycles. The van der Waals surface area contributed by atoms with Crippen molar-refractivity contribution in [2.75, 3.05) is 11.7 Å². The zero-order valence-electron chi connectivity index (χ0n) is 7.82. The maximum absolute atomic E-state index is 11.0. The van der Waals surface area contributed by atoms with Gasteiger partial charge in [0, 0.05) is 12.3 Å². The van der Waals surface area contributed by atoms with Gasteiger partial charge < -0.3 is 9.29 Å². The number of hydrogen-bond donors (Lipinski definition) is 0. The Morgan fingerprint density at radius 2 is 2.38 bits per heavy atom. The second-order valence-corrected chi connectivity index (χ2v) is 4.35. The zero-order chi connectivity index (χ0) is 9.68. The molecule has 0 amide bonds. The van der Waals surface area contributed by atoms with Crippen LogP contribution >= 0.6 is 0 Å². The molecule has 0 spiro atoms. The maximum Gasteiger partial charge on any atom is 0.246 e. The molecule has 1 aromatic heterocycles. The summed E-state index contributed by atoms with van der Waals surface area (Å²) in [5, 5.41) is 0. The molecular weight excluding hydrogens is 186 g/mol. The topological polar surface area (TPSA) is 45.2 Å². The SMILES string of the molecule is CC[S+]([O-])COc1cc(C)ccn1. The van der Waals surface area contributed by atoms with Crippen LogP contribution in [0, 0.1) is 6.92 Å². The molecule has 1 heterocycles. The van der Waals surface area contributed by atoms with E-state index in [0.717, 1.165) is 5.56 Å². The number of aryl methyl sites for hydroxylation is 1. The summed E-state index contributed by atoms with van der Waals surface area (Å²) in [5.41, 5.74) is 1.09. The second-order valence-electron chi connectivity index (χ2n) is 2.66. The van der Waals surface area contributed by atoms with Crippen molar-refractivity contribution in [3.63, 3.8) is 0 Å². The zero-order valence-corrected chi connectivity index (χ0v) is 8.63. The number of hydrogen-bond acceptors (Lipinski definition) is 3. The number of ether oxygens (including phenoxy) is 1. The van der Waals surface area contributed by atoms with Crippen molar-refractivity contribution in [1.29, 1.82) is 0 Å². The first-order chi connectivity index (χ1) is 6.22. The minimum absolute atomic E-state index is 0.229. The van der Waals surface area contributed by atoms with E-state index in [1.165, 1.54) is 0 Å². The first-order valence-corrected chi connectivity index (χ1v) is 5.61. The highest BCUT2D eigenvalue weighted by Crippen LogP contribution is 2.08. The van der Waals surface area contributed by atoms with Gasteiger partial charge in [0.1, 0.15) is 5.75 Å². The van der Waals surface area contributed by atoms with Gasteiger partial charge in [-0.15, -0.1) is 0 Å². The molecule has 0 fully saturated rings. The first-order valence-electron chi connectivity index (χ1n) is 4.13. The van der Waals surface area contributed by atoms with Crippen LogP contribution in [-0.2, 0) is 11.2 Å². The van der Waals surface area contributed by atoms with Gasteiger partial charge in [-0.2, -0.15) is 0 Å². The molecule has 0 aromatic carbocycles. The van der Waals surface area contributed by atoms with E-state index >= 15 is 0 Å². The van der Waals surface area contributed by atoms with Crippen molar-refractivity contribution in [3.8, 4) is 5.88 Å².